The van der Waals surface area contributed by atoms with E-state index in [0.717, 1.165) is 32.4 Å². The lowest BCUT2D eigenvalue weighted by molar-refractivity contribution is 0.0427. The summed E-state index contributed by atoms with van der Waals surface area (Å²) in [6, 6.07) is 10.7. The number of ether oxygens (including phenoxy) is 1. The maximum Gasteiger partial charge on any atom is 0.0589 e. The molecule has 1 aromatic heterocycles. The maximum atomic E-state index is 5.84. The highest BCUT2D eigenvalue weighted by atomic mass is 16.5. The monoisotopic (exact) mass is 245 g/mol. The molecule has 1 aromatic carbocycles. The van der Waals surface area contributed by atoms with Gasteiger partial charge in [-0.1, -0.05) is 32.0 Å². The van der Waals surface area contributed by atoms with E-state index in [1.807, 2.05) is 0 Å². The molecule has 0 aliphatic rings. The van der Waals surface area contributed by atoms with Crippen molar-refractivity contribution in [3.05, 3.63) is 36.5 Å². The average Bonchev–Trinajstić information content (AvgIpc) is 2.82. The Balaban J connectivity index is 1.96. The van der Waals surface area contributed by atoms with Crippen LogP contribution in [0.3, 0.4) is 0 Å². The van der Waals surface area contributed by atoms with Crippen LogP contribution in [-0.2, 0) is 11.3 Å². The van der Waals surface area contributed by atoms with Crippen LogP contribution < -0.4 is 0 Å². The number of nitrogens with zero attached hydrogens (tertiary/aromatic N) is 1. The minimum absolute atomic E-state index is 0.395. The van der Waals surface area contributed by atoms with Crippen molar-refractivity contribution in [2.45, 2.75) is 45.8 Å². The Kier molecular flexibility index (Phi) is 4.82. The topological polar surface area (TPSA) is 14.2 Å². The van der Waals surface area contributed by atoms with E-state index >= 15 is 0 Å². The molecule has 0 saturated heterocycles. The molecule has 0 aliphatic carbocycles. The molecule has 0 amide bonds. The number of aromatic nitrogens is 1. The van der Waals surface area contributed by atoms with Crippen molar-refractivity contribution in [2.24, 2.45) is 0 Å². The Labute approximate surface area is 110 Å². The minimum Gasteiger partial charge on any atom is -0.378 e. The molecule has 18 heavy (non-hydrogen) atoms. The van der Waals surface area contributed by atoms with E-state index in [9.17, 15) is 0 Å². The maximum absolute atomic E-state index is 5.84. The predicted molar refractivity (Wildman–Crippen MR) is 76.9 cm³/mol. The van der Waals surface area contributed by atoms with Crippen molar-refractivity contribution >= 4 is 10.9 Å². The molecule has 0 N–H and O–H groups in total. The van der Waals surface area contributed by atoms with Gasteiger partial charge in [0.05, 0.1) is 6.10 Å². The van der Waals surface area contributed by atoms with Gasteiger partial charge < -0.3 is 9.30 Å². The van der Waals surface area contributed by atoms with Gasteiger partial charge in [0.1, 0.15) is 0 Å². The van der Waals surface area contributed by atoms with Crippen molar-refractivity contribution in [2.75, 3.05) is 6.61 Å². The number of fused-ring (bicyclic) bond motifs is 1. The van der Waals surface area contributed by atoms with E-state index < -0.39 is 0 Å². The SMILES string of the molecule is CCCOC(CC)CCn1ccc2ccccc21. The first kappa shape index (κ1) is 13.2. The molecule has 1 unspecified atom stereocenters. The number of rotatable bonds is 7. The summed E-state index contributed by atoms with van der Waals surface area (Å²) in [5.41, 5.74) is 1.32. The molecule has 0 radical (unpaired) electrons. The summed E-state index contributed by atoms with van der Waals surface area (Å²) < 4.78 is 8.16. The summed E-state index contributed by atoms with van der Waals surface area (Å²) in [6.45, 7) is 6.28. The smallest absolute Gasteiger partial charge is 0.0589 e. The minimum atomic E-state index is 0.395. The molecule has 98 valence electrons. The highest BCUT2D eigenvalue weighted by molar-refractivity contribution is 5.79. The van der Waals surface area contributed by atoms with Crippen LogP contribution in [-0.4, -0.2) is 17.3 Å². The van der Waals surface area contributed by atoms with Gasteiger partial charge in [0, 0.05) is 24.9 Å². The van der Waals surface area contributed by atoms with Crippen molar-refractivity contribution < 1.29 is 4.74 Å². The van der Waals surface area contributed by atoms with Crippen LogP contribution in [0.4, 0.5) is 0 Å². The lowest BCUT2D eigenvalue weighted by Crippen LogP contribution is -2.15. The summed E-state index contributed by atoms with van der Waals surface area (Å²) in [6.07, 6.45) is 5.86. The Morgan fingerprint density at radius 2 is 2.00 bits per heavy atom. The summed E-state index contributed by atoms with van der Waals surface area (Å²) >= 11 is 0. The predicted octanol–water partition coefficient (Wildman–Crippen LogP) is 4.24. The number of hydrogen-bond donors (Lipinski definition) is 0. The molecule has 1 heterocycles. The van der Waals surface area contributed by atoms with Crippen LogP contribution >= 0.6 is 0 Å². The van der Waals surface area contributed by atoms with Crippen LogP contribution in [0.15, 0.2) is 36.5 Å². The van der Waals surface area contributed by atoms with Crippen LogP contribution in [0.1, 0.15) is 33.1 Å². The molecule has 0 aliphatic heterocycles. The van der Waals surface area contributed by atoms with E-state index in [-0.39, 0.29) is 0 Å². The number of hydrogen-bond acceptors (Lipinski definition) is 1. The van der Waals surface area contributed by atoms with Gasteiger partial charge in [0.25, 0.3) is 0 Å². The Morgan fingerprint density at radius 3 is 2.78 bits per heavy atom. The van der Waals surface area contributed by atoms with E-state index in [1.165, 1.54) is 10.9 Å². The molecule has 2 rings (SSSR count). The average molecular weight is 245 g/mol. The van der Waals surface area contributed by atoms with E-state index in [1.54, 1.807) is 0 Å². The van der Waals surface area contributed by atoms with Gasteiger partial charge in [-0.3, -0.25) is 0 Å². The van der Waals surface area contributed by atoms with Gasteiger partial charge >= 0.3 is 0 Å². The zero-order chi connectivity index (χ0) is 12.8. The molecule has 2 nitrogen and oxygen atoms in total. The number of para-hydroxylation sites is 1. The Bertz CT molecular complexity index is 475. The molecular formula is C16H23NO. The highest BCUT2D eigenvalue weighted by Gasteiger charge is 2.07. The van der Waals surface area contributed by atoms with Gasteiger partial charge in [-0.2, -0.15) is 0 Å². The van der Waals surface area contributed by atoms with Gasteiger partial charge in [-0.25, -0.2) is 0 Å². The van der Waals surface area contributed by atoms with Crippen molar-refractivity contribution in [3.63, 3.8) is 0 Å². The molecule has 0 bridgehead atoms. The quantitative estimate of drug-likeness (QED) is 0.711. The van der Waals surface area contributed by atoms with Crippen LogP contribution in [0.5, 0.6) is 0 Å². The molecule has 0 fully saturated rings. The zero-order valence-corrected chi connectivity index (χ0v) is 11.4. The first-order chi connectivity index (χ1) is 8.85. The fraction of sp³-hybridized carbons (Fsp3) is 0.500. The Hall–Kier alpha value is -1.28. The van der Waals surface area contributed by atoms with Crippen molar-refractivity contribution in [3.8, 4) is 0 Å². The van der Waals surface area contributed by atoms with Gasteiger partial charge in [0.2, 0.25) is 0 Å². The lowest BCUT2D eigenvalue weighted by Gasteiger charge is -2.16. The van der Waals surface area contributed by atoms with Crippen molar-refractivity contribution in [1.29, 1.82) is 0 Å². The van der Waals surface area contributed by atoms with Crippen LogP contribution in [0.2, 0.25) is 0 Å². The van der Waals surface area contributed by atoms with E-state index in [4.69, 9.17) is 4.74 Å². The molecule has 2 aromatic rings. The van der Waals surface area contributed by atoms with Crippen LogP contribution in [0.25, 0.3) is 10.9 Å². The third-order valence-electron chi connectivity index (χ3n) is 3.39. The third kappa shape index (κ3) is 3.14. The highest BCUT2D eigenvalue weighted by Crippen LogP contribution is 2.16. The largest absolute Gasteiger partial charge is 0.378 e. The zero-order valence-electron chi connectivity index (χ0n) is 11.4. The lowest BCUT2D eigenvalue weighted by atomic mass is 10.2. The second-order valence-electron chi connectivity index (χ2n) is 4.76. The van der Waals surface area contributed by atoms with Crippen LogP contribution in [0, 0.1) is 0 Å². The normalized spacial score (nSPS) is 13.0. The molecule has 2 heteroatoms. The van der Waals surface area contributed by atoms with E-state index in [0.29, 0.717) is 6.10 Å². The molecule has 1 atom stereocenters. The summed E-state index contributed by atoms with van der Waals surface area (Å²) in [4.78, 5) is 0. The van der Waals surface area contributed by atoms with Gasteiger partial charge in [-0.15, -0.1) is 0 Å². The first-order valence-electron chi connectivity index (χ1n) is 7.00. The van der Waals surface area contributed by atoms with Crippen molar-refractivity contribution in [1.82, 2.24) is 4.57 Å². The second-order valence-corrected chi connectivity index (χ2v) is 4.76. The summed E-state index contributed by atoms with van der Waals surface area (Å²) in [7, 11) is 0. The fourth-order valence-electron chi connectivity index (χ4n) is 2.31. The number of benzene rings is 1. The number of aryl methyl sites for hydroxylation is 1. The third-order valence-corrected chi connectivity index (χ3v) is 3.39. The van der Waals surface area contributed by atoms with Gasteiger partial charge in [0.15, 0.2) is 0 Å². The standard InChI is InChI=1S/C16H23NO/c1-3-13-18-15(4-2)10-12-17-11-9-14-7-5-6-8-16(14)17/h5-9,11,15H,3-4,10,12-13H2,1-2H3. The van der Waals surface area contributed by atoms with Gasteiger partial charge in [-0.05, 0) is 36.8 Å². The summed E-state index contributed by atoms with van der Waals surface area (Å²) in [5, 5.41) is 1.32. The molecule has 0 saturated carbocycles. The van der Waals surface area contributed by atoms with E-state index in [2.05, 4.69) is 54.9 Å². The summed E-state index contributed by atoms with van der Waals surface area (Å²) in [5.74, 6) is 0. The first-order valence-corrected chi connectivity index (χ1v) is 7.00. The molecular weight excluding hydrogens is 222 g/mol. The molecule has 0 spiro atoms. The second kappa shape index (κ2) is 6.60. The fourth-order valence-corrected chi connectivity index (χ4v) is 2.31. The Morgan fingerprint density at radius 1 is 1.17 bits per heavy atom.